The standard InChI is InChI=1S/C15H23FN2.ClH/c1-2-10-18(15-6-8-17-9-7-15)12-13-4-3-5-14(16)11-13;/h3-5,11,15,17H,2,6-10,12H2,1H3;1H. The second kappa shape index (κ2) is 8.51. The molecule has 1 fully saturated rings. The highest BCUT2D eigenvalue weighted by Crippen LogP contribution is 2.16. The summed E-state index contributed by atoms with van der Waals surface area (Å²) in [5, 5.41) is 3.40. The lowest BCUT2D eigenvalue weighted by Crippen LogP contribution is -2.43. The number of nitrogens with one attached hydrogen (secondary N) is 1. The first kappa shape index (κ1) is 16.4. The van der Waals surface area contributed by atoms with Crippen molar-refractivity contribution in [3.63, 3.8) is 0 Å². The fourth-order valence-electron chi connectivity index (χ4n) is 2.72. The Morgan fingerprint density at radius 1 is 1.32 bits per heavy atom. The van der Waals surface area contributed by atoms with Crippen LogP contribution in [0, 0.1) is 5.82 Å². The molecule has 0 saturated carbocycles. The second-order valence-corrected chi connectivity index (χ2v) is 5.08. The van der Waals surface area contributed by atoms with Crippen LogP contribution in [0.15, 0.2) is 24.3 Å². The average Bonchev–Trinajstić information content (AvgIpc) is 2.39. The lowest BCUT2D eigenvalue weighted by atomic mass is 10.0. The molecule has 0 aliphatic carbocycles. The van der Waals surface area contributed by atoms with Gasteiger partial charge in [-0.05, 0) is 56.6 Å². The van der Waals surface area contributed by atoms with Crippen molar-refractivity contribution in [2.75, 3.05) is 19.6 Å². The largest absolute Gasteiger partial charge is 0.317 e. The molecule has 0 spiro atoms. The molecule has 108 valence electrons. The van der Waals surface area contributed by atoms with Crippen LogP contribution >= 0.6 is 12.4 Å². The van der Waals surface area contributed by atoms with Crippen LogP contribution in [0.3, 0.4) is 0 Å². The predicted molar refractivity (Wildman–Crippen MR) is 80.2 cm³/mol. The molecular formula is C15H24ClFN2. The molecule has 0 amide bonds. The van der Waals surface area contributed by atoms with Crippen molar-refractivity contribution in [1.82, 2.24) is 10.2 Å². The quantitative estimate of drug-likeness (QED) is 0.894. The third kappa shape index (κ3) is 5.09. The summed E-state index contributed by atoms with van der Waals surface area (Å²) >= 11 is 0. The normalized spacial score (nSPS) is 16.4. The van der Waals surface area contributed by atoms with Crippen molar-refractivity contribution in [3.8, 4) is 0 Å². The summed E-state index contributed by atoms with van der Waals surface area (Å²) in [6.07, 6.45) is 3.56. The van der Waals surface area contributed by atoms with Crippen LogP contribution in [0.4, 0.5) is 4.39 Å². The van der Waals surface area contributed by atoms with E-state index in [1.54, 1.807) is 12.1 Å². The molecule has 1 aromatic carbocycles. The molecule has 1 N–H and O–H groups in total. The van der Waals surface area contributed by atoms with Crippen LogP contribution in [-0.2, 0) is 6.54 Å². The molecule has 1 aliphatic heterocycles. The van der Waals surface area contributed by atoms with Crippen molar-refractivity contribution in [2.24, 2.45) is 0 Å². The van der Waals surface area contributed by atoms with Crippen LogP contribution < -0.4 is 5.32 Å². The van der Waals surface area contributed by atoms with E-state index < -0.39 is 0 Å². The molecular weight excluding hydrogens is 263 g/mol. The molecule has 1 aromatic rings. The summed E-state index contributed by atoms with van der Waals surface area (Å²) in [7, 11) is 0. The Morgan fingerprint density at radius 3 is 2.68 bits per heavy atom. The van der Waals surface area contributed by atoms with Gasteiger partial charge in [-0.15, -0.1) is 12.4 Å². The molecule has 1 saturated heterocycles. The van der Waals surface area contributed by atoms with Gasteiger partial charge in [-0.25, -0.2) is 4.39 Å². The number of hydrogen-bond donors (Lipinski definition) is 1. The third-order valence-electron chi connectivity index (χ3n) is 3.61. The zero-order valence-corrected chi connectivity index (χ0v) is 12.4. The number of rotatable bonds is 5. The van der Waals surface area contributed by atoms with Crippen molar-refractivity contribution in [1.29, 1.82) is 0 Å². The van der Waals surface area contributed by atoms with E-state index in [1.165, 1.54) is 18.9 Å². The summed E-state index contributed by atoms with van der Waals surface area (Å²) in [6, 6.07) is 7.64. The van der Waals surface area contributed by atoms with Gasteiger partial charge in [0.15, 0.2) is 0 Å². The predicted octanol–water partition coefficient (Wildman–Crippen LogP) is 3.21. The molecule has 2 rings (SSSR count). The fourth-order valence-corrected chi connectivity index (χ4v) is 2.72. The van der Waals surface area contributed by atoms with E-state index in [9.17, 15) is 4.39 Å². The first-order valence-electron chi connectivity index (χ1n) is 6.99. The zero-order chi connectivity index (χ0) is 12.8. The topological polar surface area (TPSA) is 15.3 Å². The Balaban J connectivity index is 0.00000180. The second-order valence-electron chi connectivity index (χ2n) is 5.08. The zero-order valence-electron chi connectivity index (χ0n) is 11.6. The molecule has 2 nitrogen and oxygen atoms in total. The minimum atomic E-state index is -0.130. The van der Waals surface area contributed by atoms with Crippen LogP contribution in [0.5, 0.6) is 0 Å². The number of nitrogens with zero attached hydrogens (tertiary/aromatic N) is 1. The van der Waals surface area contributed by atoms with E-state index in [-0.39, 0.29) is 18.2 Å². The Labute approximate surface area is 121 Å². The van der Waals surface area contributed by atoms with Crippen molar-refractivity contribution < 1.29 is 4.39 Å². The lowest BCUT2D eigenvalue weighted by Gasteiger charge is -2.34. The van der Waals surface area contributed by atoms with Crippen LogP contribution in [-0.4, -0.2) is 30.6 Å². The minimum Gasteiger partial charge on any atom is -0.317 e. The summed E-state index contributed by atoms with van der Waals surface area (Å²) in [5.41, 5.74) is 1.09. The summed E-state index contributed by atoms with van der Waals surface area (Å²) in [4.78, 5) is 2.51. The van der Waals surface area contributed by atoms with E-state index >= 15 is 0 Å². The number of hydrogen-bond acceptors (Lipinski definition) is 2. The molecule has 19 heavy (non-hydrogen) atoms. The van der Waals surface area contributed by atoms with Gasteiger partial charge in [-0.2, -0.15) is 0 Å². The number of piperidine rings is 1. The number of benzene rings is 1. The highest BCUT2D eigenvalue weighted by Gasteiger charge is 2.20. The van der Waals surface area contributed by atoms with E-state index in [2.05, 4.69) is 17.1 Å². The van der Waals surface area contributed by atoms with E-state index in [0.717, 1.165) is 38.2 Å². The molecule has 0 unspecified atom stereocenters. The molecule has 0 radical (unpaired) electrons. The SMILES string of the molecule is CCCN(Cc1cccc(F)c1)C1CCNCC1.Cl. The van der Waals surface area contributed by atoms with Gasteiger partial charge in [0.2, 0.25) is 0 Å². The summed E-state index contributed by atoms with van der Waals surface area (Å²) in [5.74, 6) is -0.130. The molecule has 1 aliphatic rings. The highest BCUT2D eigenvalue weighted by atomic mass is 35.5. The van der Waals surface area contributed by atoms with Crippen LogP contribution in [0.1, 0.15) is 31.7 Å². The Hall–Kier alpha value is -0.640. The maximum Gasteiger partial charge on any atom is 0.123 e. The fraction of sp³-hybridized carbons (Fsp3) is 0.600. The Kier molecular flexibility index (Phi) is 7.36. The summed E-state index contributed by atoms with van der Waals surface area (Å²) < 4.78 is 13.2. The van der Waals surface area contributed by atoms with Gasteiger partial charge in [-0.3, -0.25) is 4.90 Å². The van der Waals surface area contributed by atoms with Gasteiger partial charge < -0.3 is 5.32 Å². The molecule has 0 atom stereocenters. The maximum atomic E-state index is 13.2. The third-order valence-corrected chi connectivity index (χ3v) is 3.61. The van der Waals surface area contributed by atoms with Gasteiger partial charge >= 0.3 is 0 Å². The average molecular weight is 287 g/mol. The van der Waals surface area contributed by atoms with E-state index in [1.807, 2.05) is 6.07 Å². The van der Waals surface area contributed by atoms with Crippen LogP contribution in [0.2, 0.25) is 0 Å². The van der Waals surface area contributed by atoms with Gasteiger partial charge in [0.25, 0.3) is 0 Å². The molecule has 1 heterocycles. The lowest BCUT2D eigenvalue weighted by molar-refractivity contribution is 0.154. The van der Waals surface area contributed by atoms with Crippen molar-refractivity contribution in [2.45, 2.75) is 38.8 Å². The smallest absolute Gasteiger partial charge is 0.123 e. The van der Waals surface area contributed by atoms with Gasteiger partial charge in [0.1, 0.15) is 5.82 Å². The summed E-state index contributed by atoms with van der Waals surface area (Å²) in [6.45, 7) is 6.39. The van der Waals surface area contributed by atoms with Gasteiger partial charge in [0.05, 0.1) is 0 Å². The Morgan fingerprint density at radius 2 is 2.05 bits per heavy atom. The number of halogens is 2. The van der Waals surface area contributed by atoms with Gasteiger partial charge in [0, 0.05) is 12.6 Å². The molecule has 0 aromatic heterocycles. The Bertz CT molecular complexity index is 367. The molecule has 4 heteroatoms. The van der Waals surface area contributed by atoms with Gasteiger partial charge in [-0.1, -0.05) is 19.1 Å². The first-order chi connectivity index (χ1) is 8.79. The first-order valence-corrected chi connectivity index (χ1v) is 6.99. The van der Waals surface area contributed by atoms with Crippen molar-refractivity contribution in [3.05, 3.63) is 35.6 Å². The minimum absolute atomic E-state index is 0. The van der Waals surface area contributed by atoms with E-state index in [4.69, 9.17) is 0 Å². The maximum absolute atomic E-state index is 13.2. The highest BCUT2D eigenvalue weighted by molar-refractivity contribution is 5.85. The van der Waals surface area contributed by atoms with E-state index in [0.29, 0.717) is 6.04 Å². The van der Waals surface area contributed by atoms with Crippen molar-refractivity contribution >= 4 is 12.4 Å². The molecule has 0 bridgehead atoms. The monoisotopic (exact) mass is 286 g/mol. The van der Waals surface area contributed by atoms with Crippen LogP contribution in [0.25, 0.3) is 0 Å².